The molecule has 1 amide bonds. The van der Waals surface area contributed by atoms with Crippen LogP contribution in [0.5, 0.6) is 0 Å². The molecule has 0 radical (unpaired) electrons. The van der Waals surface area contributed by atoms with Crippen molar-refractivity contribution < 1.29 is 9.32 Å². The highest BCUT2D eigenvalue weighted by atomic mass is 16.5. The smallest absolute Gasteiger partial charge is 0.276 e. The van der Waals surface area contributed by atoms with Crippen molar-refractivity contribution in [3.8, 4) is 0 Å². The number of hydrogen-bond donors (Lipinski definition) is 0. The Morgan fingerprint density at radius 3 is 2.57 bits per heavy atom. The van der Waals surface area contributed by atoms with E-state index in [4.69, 9.17) is 4.52 Å². The van der Waals surface area contributed by atoms with Gasteiger partial charge in [0.05, 0.1) is 6.54 Å². The molecule has 156 valence electrons. The van der Waals surface area contributed by atoms with Crippen LogP contribution in [-0.4, -0.2) is 65.6 Å². The molecular weight excluding hydrogens is 378 g/mol. The SMILES string of the molecule is CN(CCc1ccccc1)Cc1cc(C(=O)N2CCN(c3ccccn3)CC2)no1. The Morgan fingerprint density at radius 2 is 1.83 bits per heavy atom. The number of pyridine rings is 1. The van der Waals surface area contributed by atoms with Crippen molar-refractivity contribution >= 4 is 11.7 Å². The summed E-state index contributed by atoms with van der Waals surface area (Å²) in [6.45, 7) is 4.35. The lowest BCUT2D eigenvalue weighted by Crippen LogP contribution is -2.49. The minimum atomic E-state index is -0.0717. The second-order valence-corrected chi connectivity index (χ2v) is 7.62. The Morgan fingerprint density at radius 1 is 1.07 bits per heavy atom. The van der Waals surface area contributed by atoms with E-state index in [1.165, 1.54) is 5.56 Å². The van der Waals surface area contributed by atoms with Crippen molar-refractivity contribution in [3.63, 3.8) is 0 Å². The number of carbonyl (C=O) groups excluding carboxylic acids is 1. The number of aromatic nitrogens is 2. The van der Waals surface area contributed by atoms with Gasteiger partial charge in [-0.1, -0.05) is 41.6 Å². The molecule has 0 spiro atoms. The first kappa shape index (κ1) is 20.1. The normalized spacial score (nSPS) is 14.3. The van der Waals surface area contributed by atoms with Gasteiger partial charge >= 0.3 is 0 Å². The Kier molecular flexibility index (Phi) is 6.39. The lowest BCUT2D eigenvalue weighted by atomic mass is 10.1. The standard InChI is InChI=1S/C23H27N5O2/c1-26(12-10-19-7-3-2-4-8-19)18-20-17-21(25-30-20)23(29)28-15-13-27(14-16-28)22-9-5-6-11-24-22/h2-9,11,17H,10,12-16,18H2,1H3. The molecule has 1 aromatic carbocycles. The maximum absolute atomic E-state index is 12.8. The van der Waals surface area contributed by atoms with E-state index in [0.29, 0.717) is 31.1 Å². The summed E-state index contributed by atoms with van der Waals surface area (Å²) in [6, 6.07) is 18.1. The predicted molar refractivity (Wildman–Crippen MR) is 115 cm³/mol. The van der Waals surface area contributed by atoms with Gasteiger partial charge in [0.15, 0.2) is 11.5 Å². The minimum absolute atomic E-state index is 0.0717. The summed E-state index contributed by atoms with van der Waals surface area (Å²) in [4.78, 5) is 23.4. The van der Waals surface area contributed by atoms with E-state index in [0.717, 1.165) is 31.9 Å². The first-order chi connectivity index (χ1) is 14.7. The number of likely N-dealkylation sites (N-methyl/N-ethyl adjacent to an activating group) is 1. The van der Waals surface area contributed by atoms with Gasteiger partial charge in [-0.15, -0.1) is 0 Å². The molecule has 7 nitrogen and oxygen atoms in total. The minimum Gasteiger partial charge on any atom is -0.359 e. The van der Waals surface area contributed by atoms with Crippen LogP contribution in [-0.2, 0) is 13.0 Å². The maximum atomic E-state index is 12.8. The Bertz CT molecular complexity index is 936. The number of benzene rings is 1. The lowest BCUT2D eigenvalue weighted by molar-refractivity contribution is 0.0736. The fourth-order valence-electron chi connectivity index (χ4n) is 3.64. The number of anilines is 1. The van der Waals surface area contributed by atoms with Gasteiger partial charge in [0, 0.05) is 45.0 Å². The van der Waals surface area contributed by atoms with Crippen LogP contribution in [0.2, 0.25) is 0 Å². The number of rotatable bonds is 7. The lowest BCUT2D eigenvalue weighted by Gasteiger charge is -2.34. The van der Waals surface area contributed by atoms with E-state index in [1.54, 1.807) is 12.3 Å². The van der Waals surface area contributed by atoms with E-state index in [-0.39, 0.29) is 5.91 Å². The van der Waals surface area contributed by atoms with E-state index in [1.807, 2.05) is 36.2 Å². The van der Waals surface area contributed by atoms with Gasteiger partial charge in [-0.3, -0.25) is 9.69 Å². The highest BCUT2D eigenvalue weighted by Crippen LogP contribution is 2.15. The Labute approximate surface area is 176 Å². The van der Waals surface area contributed by atoms with Crippen molar-refractivity contribution in [3.05, 3.63) is 77.8 Å². The monoisotopic (exact) mass is 405 g/mol. The first-order valence-corrected chi connectivity index (χ1v) is 10.3. The fourth-order valence-corrected chi connectivity index (χ4v) is 3.64. The summed E-state index contributed by atoms with van der Waals surface area (Å²) >= 11 is 0. The van der Waals surface area contributed by atoms with Crippen molar-refractivity contribution in [1.82, 2.24) is 19.9 Å². The molecule has 1 saturated heterocycles. The molecule has 1 aliphatic rings. The average Bonchev–Trinajstić information content (AvgIpc) is 3.27. The third-order valence-corrected chi connectivity index (χ3v) is 5.37. The van der Waals surface area contributed by atoms with E-state index < -0.39 is 0 Å². The number of piperazine rings is 1. The molecule has 0 aliphatic carbocycles. The molecule has 1 fully saturated rings. The van der Waals surface area contributed by atoms with Gasteiger partial charge in [0.25, 0.3) is 5.91 Å². The third-order valence-electron chi connectivity index (χ3n) is 5.37. The molecule has 7 heteroatoms. The Balaban J connectivity index is 1.27. The molecule has 4 rings (SSSR count). The summed E-state index contributed by atoms with van der Waals surface area (Å²) in [6.07, 6.45) is 2.76. The van der Waals surface area contributed by atoms with Crippen molar-refractivity contribution in [2.24, 2.45) is 0 Å². The van der Waals surface area contributed by atoms with Crippen molar-refractivity contribution in [2.75, 3.05) is 44.7 Å². The predicted octanol–water partition coefficient (Wildman–Crippen LogP) is 2.71. The van der Waals surface area contributed by atoms with E-state index in [9.17, 15) is 4.79 Å². The average molecular weight is 406 g/mol. The molecule has 0 unspecified atom stereocenters. The third kappa shape index (κ3) is 5.04. The quantitative estimate of drug-likeness (QED) is 0.602. The fraction of sp³-hybridized carbons (Fsp3) is 0.348. The molecule has 30 heavy (non-hydrogen) atoms. The molecule has 1 aliphatic heterocycles. The zero-order valence-corrected chi connectivity index (χ0v) is 17.3. The first-order valence-electron chi connectivity index (χ1n) is 10.3. The number of hydrogen-bond acceptors (Lipinski definition) is 6. The number of carbonyl (C=O) groups is 1. The zero-order valence-electron chi connectivity index (χ0n) is 17.3. The van der Waals surface area contributed by atoms with Crippen molar-refractivity contribution in [1.29, 1.82) is 0 Å². The second-order valence-electron chi connectivity index (χ2n) is 7.62. The molecule has 0 atom stereocenters. The summed E-state index contributed by atoms with van der Waals surface area (Å²) in [5.41, 5.74) is 1.69. The molecule has 0 saturated carbocycles. The van der Waals surface area contributed by atoms with Crippen LogP contribution in [0.25, 0.3) is 0 Å². The molecule has 0 N–H and O–H groups in total. The number of amides is 1. The van der Waals surface area contributed by atoms with Gasteiger partial charge in [-0.2, -0.15) is 0 Å². The topological polar surface area (TPSA) is 65.7 Å². The maximum Gasteiger partial charge on any atom is 0.276 e. The summed E-state index contributed by atoms with van der Waals surface area (Å²) in [7, 11) is 2.05. The van der Waals surface area contributed by atoms with Crippen LogP contribution in [0.4, 0.5) is 5.82 Å². The molecule has 3 heterocycles. The van der Waals surface area contributed by atoms with Crippen LogP contribution >= 0.6 is 0 Å². The second kappa shape index (κ2) is 9.54. The van der Waals surface area contributed by atoms with Gasteiger partial charge in [-0.25, -0.2) is 4.98 Å². The van der Waals surface area contributed by atoms with Gasteiger partial charge < -0.3 is 14.3 Å². The summed E-state index contributed by atoms with van der Waals surface area (Å²) < 4.78 is 5.43. The van der Waals surface area contributed by atoms with Gasteiger partial charge in [0.2, 0.25) is 0 Å². The summed E-state index contributed by atoms with van der Waals surface area (Å²) in [5, 5.41) is 4.02. The van der Waals surface area contributed by atoms with Crippen molar-refractivity contribution in [2.45, 2.75) is 13.0 Å². The largest absolute Gasteiger partial charge is 0.359 e. The number of nitrogens with zero attached hydrogens (tertiary/aromatic N) is 5. The molecule has 3 aromatic rings. The molecule has 2 aromatic heterocycles. The summed E-state index contributed by atoms with van der Waals surface area (Å²) in [5.74, 6) is 1.59. The van der Waals surface area contributed by atoms with Crippen LogP contribution in [0.1, 0.15) is 21.8 Å². The van der Waals surface area contributed by atoms with Gasteiger partial charge in [-0.05, 0) is 31.2 Å². The van der Waals surface area contributed by atoms with Crippen LogP contribution < -0.4 is 4.90 Å². The van der Waals surface area contributed by atoms with E-state index >= 15 is 0 Å². The van der Waals surface area contributed by atoms with Crippen LogP contribution in [0.3, 0.4) is 0 Å². The Hall–Kier alpha value is -3.19. The molecule has 0 bridgehead atoms. The molecular formula is C23H27N5O2. The van der Waals surface area contributed by atoms with Crippen LogP contribution in [0, 0.1) is 0 Å². The highest BCUT2D eigenvalue weighted by molar-refractivity contribution is 5.92. The van der Waals surface area contributed by atoms with Crippen LogP contribution in [0.15, 0.2) is 65.3 Å². The van der Waals surface area contributed by atoms with Gasteiger partial charge in [0.1, 0.15) is 5.82 Å². The zero-order chi connectivity index (χ0) is 20.8. The van der Waals surface area contributed by atoms with E-state index in [2.05, 4.69) is 44.2 Å². The highest BCUT2D eigenvalue weighted by Gasteiger charge is 2.25.